The summed E-state index contributed by atoms with van der Waals surface area (Å²) in [5, 5.41) is 9.11. The number of halogens is 1. The van der Waals surface area contributed by atoms with Gasteiger partial charge < -0.3 is 10.2 Å². The quantitative estimate of drug-likeness (QED) is 0.583. The number of benzene rings is 1. The zero-order valence-corrected chi connectivity index (χ0v) is 17.4. The summed E-state index contributed by atoms with van der Waals surface area (Å²) in [6, 6.07) is 9.79. The first-order valence-electron chi connectivity index (χ1n) is 9.73. The van der Waals surface area contributed by atoms with Crippen molar-refractivity contribution in [3.63, 3.8) is 0 Å². The molecule has 0 aliphatic carbocycles. The Kier molecular flexibility index (Phi) is 6.34. The van der Waals surface area contributed by atoms with Crippen LogP contribution in [0.25, 0.3) is 16.9 Å². The number of hydrogen-bond donors (Lipinski definition) is 2. The van der Waals surface area contributed by atoms with Gasteiger partial charge in [0.2, 0.25) is 0 Å². The predicted molar refractivity (Wildman–Crippen MR) is 113 cm³/mol. The summed E-state index contributed by atoms with van der Waals surface area (Å²) in [6.45, 7) is 13.1. The molecule has 0 amide bonds. The van der Waals surface area contributed by atoms with E-state index in [1.165, 1.54) is 19.6 Å². The van der Waals surface area contributed by atoms with Gasteiger partial charge in [-0.05, 0) is 39.8 Å². The van der Waals surface area contributed by atoms with Gasteiger partial charge in [0, 0.05) is 40.9 Å². The summed E-state index contributed by atoms with van der Waals surface area (Å²) in [7, 11) is 0. The lowest BCUT2D eigenvalue weighted by Gasteiger charge is -2.16. The maximum atomic E-state index is 6.14. The van der Waals surface area contributed by atoms with Crippen LogP contribution in [-0.2, 0) is 0 Å². The monoisotopic (exact) mass is 386 g/mol. The zero-order valence-electron chi connectivity index (χ0n) is 16.6. The molecule has 2 heterocycles. The molecule has 0 unspecified atom stereocenters. The lowest BCUT2D eigenvalue weighted by Crippen LogP contribution is -3.11. The maximum absolute atomic E-state index is 6.14. The molecule has 0 fully saturated rings. The van der Waals surface area contributed by atoms with Gasteiger partial charge in [-0.1, -0.05) is 23.7 Å². The van der Waals surface area contributed by atoms with Crippen LogP contribution in [0.4, 0.5) is 5.82 Å². The van der Waals surface area contributed by atoms with E-state index < -0.39 is 0 Å². The Morgan fingerprint density at radius 3 is 2.63 bits per heavy atom. The van der Waals surface area contributed by atoms with E-state index in [1.807, 2.05) is 41.8 Å². The Bertz CT molecular complexity index is 914. The van der Waals surface area contributed by atoms with Crippen LogP contribution in [0, 0.1) is 13.8 Å². The third-order valence-corrected chi connectivity index (χ3v) is 5.44. The number of nitrogens with one attached hydrogen (secondary N) is 2. The molecule has 144 valence electrons. The molecular formula is C21H29ClN5+. The second-order valence-corrected chi connectivity index (χ2v) is 7.40. The van der Waals surface area contributed by atoms with E-state index >= 15 is 0 Å². The van der Waals surface area contributed by atoms with E-state index in [1.54, 1.807) is 4.90 Å². The largest absolute Gasteiger partial charge is 0.369 e. The molecule has 0 bridgehead atoms. The summed E-state index contributed by atoms with van der Waals surface area (Å²) in [6.07, 6.45) is 1.13. The summed E-state index contributed by atoms with van der Waals surface area (Å²) >= 11 is 6.14. The van der Waals surface area contributed by atoms with Gasteiger partial charge in [0.1, 0.15) is 5.82 Å². The number of fused-ring (bicyclic) bond motifs is 1. The Hall–Kier alpha value is -2.11. The summed E-state index contributed by atoms with van der Waals surface area (Å²) in [5.41, 5.74) is 4.89. The summed E-state index contributed by atoms with van der Waals surface area (Å²) in [5.74, 6) is 1.03. The SMILES string of the molecule is CC[NH+](CC)CCCNc1c(C)c(C)nc2cc(-c3cccc(Cl)c3)nn12. The molecular weight excluding hydrogens is 358 g/mol. The average molecular weight is 387 g/mol. The Morgan fingerprint density at radius 2 is 1.93 bits per heavy atom. The molecule has 0 atom stereocenters. The van der Waals surface area contributed by atoms with Crippen LogP contribution in [0.15, 0.2) is 30.3 Å². The van der Waals surface area contributed by atoms with Gasteiger partial charge in [0.05, 0.1) is 25.3 Å². The van der Waals surface area contributed by atoms with Gasteiger partial charge in [-0.15, -0.1) is 0 Å². The molecule has 0 aliphatic heterocycles. The van der Waals surface area contributed by atoms with Crippen molar-refractivity contribution in [3.05, 3.63) is 46.6 Å². The molecule has 0 saturated carbocycles. The Morgan fingerprint density at radius 1 is 1.15 bits per heavy atom. The van der Waals surface area contributed by atoms with Crippen LogP contribution in [0.3, 0.4) is 0 Å². The van der Waals surface area contributed by atoms with Crippen molar-refractivity contribution in [2.24, 2.45) is 0 Å². The Balaban J connectivity index is 1.86. The van der Waals surface area contributed by atoms with Crippen molar-refractivity contribution in [1.82, 2.24) is 14.6 Å². The minimum absolute atomic E-state index is 0.710. The molecule has 2 N–H and O–H groups in total. The van der Waals surface area contributed by atoms with Crippen LogP contribution in [0.1, 0.15) is 31.5 Å². The number of aromatic nitrogens is 3. The Labute approximate surface area is 166 Å². The van der Waals surface area contributed by atoms with Crippen molar-refractivity contribution >= 4 is 23.1 Å². The van der Waals surface area contributed by atoms with Crippen molar-refractivity contribution in [3.8, 4) is 11.3 Å². The topological polar surface area (TPSA) is 46.7 Å². The number of hydrogen-bond acceptors (Lipinski definition) is 3. The van der Waals surface area contributed by atoms with Gasteiger partial charge in [-0.2, -0.15) is 9.61 Å². The summed E-state index contributed by atoms with van der Waals surface area (Å²) < 4.78 is 1.92. The number of rotatable bonds is 8. The van der Waals surface area contributed by atoms with E-state index in [0.717, 1.165) is 46.9 Å². The normalized spacial score (nSPS) is 11.5. The van der Waals surface area contributed by atoms with Crippen LogP contribution >= 0.6 is 11.6 Å². The highest BCUT2D eigenvalue weighted by Crippen LogP contribution is 2.26. The standard InChI is InChI=1S/C21H28ClN5/c1-5-26(6-2)12-8-11-23-21-15(3)16(4)24-20-14-19(25-27(20)21)17-9-7-10-18(22)13-17/h7,9-10,13-14,23H,5-6,8,11-12H2,1-4H3/p+1. The molecule has 2 aromatic heterocycles. The molecule has 5 nitrogen and oxygen atoms in total. The number of nitrogens with zero attached hydrogens (tertiary/aromatic N) is 3. The molecule has 27 heavy (non-hydrogen) atoms. The molecule has 0 spiro atoms. The van der Waals surface area contributed by atoms with E-state index in [4.69, 9.17) is 21.7 Å². The highest BCUT2D eigenvalue weighted by molar-refractivity contribution is 6.30. The van der Waals surface area contributed by atoms with E-state index in [9.17, 15) is 0 Å². The van der Waals surface area contributed by atoms with Crippen molar-refractivity contribution < 1.29 is 4.90 Å². The average Bonchev–Trinajstić information content (AvgIpc) is 3.08. The first kappa shape index (κ1) is 19.6. The molecule has 3 aromatic rings. The molecule has 6 heteroatoms. The second-order valence-electron chi connectivity index (χ2n) is 6.97. The first-order valence-corrected chi connectivity index (χ1v) is 10.1. The number of aryl methyl sites for hydroxylation is 1. The van der Waals surface area contributed by atoms with Crippen molar-refractivity contribution in [1.29, 1.82) is 0 Å². The fraction of sp³-hybridized carbons (Fsp3) is 0.429. The van der Waals surface area contributed by atoms with Crippen molar-refractivity contribution in [2.75, 3.05) is 31.5 Å². The number of quaternary nitrogens is 1. The highest BCUT2D eigenvalue weighted by atomic mass is 35.5. The van der Waals surface area contributed by atoms with Crippen LogP contribution in [0.2, 0.25) is 5.02 Å². The maximum Gasteiger partial charge on any atom is 0.158 e. The minimum atomic E-state index is 0.710. The molecule has 0 aliphatic rings. The molecule has 1 aromatic carbocycles. The minimum Gasteiger partial charge on any atom is -0.369 e. The predicted octanol–water partition coefficient (Wildman–Crippen LogP) is 3.39. The van der Waals surface area contributed by atoms with E-state index in [-0.39, 0.29) is 0 Å². The second kappa shape index (κ2) is 8.72. The van der Waals surface area contributed by atoms with Gasteiger partial charge >= 0.3 is 0 Å². The van der Waals surface area contributed by atoms with Crippen LogP contribution in [-0.4, -0.2) is 40.8 Å². The van der Waals surface area contributed by atoms with E-state index in [2.05, 4.69) is 26.1 Å². The molecule has 0 saturated heterocycles. The third kappa shape index (κ3) is 4.42. The third-order valence-electron chi connectivity index (χ3n) is 5.20. The van der Waals surface area contributed by atoms with Crippen LogP contribution in [0.5, 0.6) is 0 Å². The fourth-order valence-electron chi connectivity index (χ4n) is 3.35. The summed E-state index contributed by atoms with van der Waals surface area (Å²) in [4.78, 5) is 6.34. The zero-order chi connectivity index (χ0) is 19.4. The van der Waals surface area contributed by atoms with Crippen molar-refractivity contribution in [2.45, 2.75) is 34.1 Å². The fourth-order valence-corrected chi connectivity index (χ4v) is 3.54. The van der Waals surface area contributed by atoms with E-state index in [0.29, 0.717) is 5.02 Å². The van der Waals surface area contributed by atoms with Gasteiger partial charge in [0.25, 0.3) is 0 Å². The van der Waals surface area contributed by atoms with Gasteiger partial charge in [0.15, 0.2) is 5.65 Å². The smallest absolute Gasteiger partial charge is 0.158 e. The molecule has 0 radical (unpaired) electrons. The van der Waals surface area contributed by atoms with Gasteiger partial charge in [-0.25, -0.2) is 4.98 Å². The van der Waals surface area contributed by atoms with Crippen LogP contribution < -0.4 is 10.2 Å². The highest BCUT2D eigenvalue weighted by Gasteiger charge is 2.13. The van der Waals surface area contributed by atoms with Gasteiger partial charge in [-0.3, -0.25) is 0 Å². The number of anilines is 1. The lowest BCUT2D eigenvalue weighted by atomic mass is 10.1. The lowest BCUT2D eigenvalue weighted by molar-refractivity contribution is -0.896. The molecule has 3 rings (SSSR count). The first-order chi connectivity index (χ1) is 13.0.